The van der Waals surface area contributed by atoms with E-state index in [-0.39, 0.29) is 11.9 Å². The molecule has 1 aromatic rings. The van der Waals surface area contributed by atoms with Gasteiger partial charge in [0.1, 0.15) is 0 Å². The lowest BCUT2D eigenvalue weighted by Crippen LogP contribution is -2.23. The number of hydrogen-bond acceptors (Lipinski definition) is 1. The summed E-state index contributed by atoms with van der Waals surface area (Å²) in [6.07, 6.45) is 0. The number of benzene rings is 1. The highest BCUT2D eigenvalue weighted by molar-refractivity contribution is 6.31. The predicted octanol–water partition coefficient (Wildman–Crippen LogP) is 2.54. The summed E-state index contributed by atoms with van der Waals surface area (Å²) in [4.78, 5) is 10.8. The van der Waals surface area contributed by atoms with Crippen LogP contribution in [0.5, 0.6) is 0 Å². The Morgan fingerprint density at radius 2 is 2.08 bits per heavy atom. The van der Waals surface area contributed by atoms with Crippen LogP contribution in [0, 0.1) is 0 Å². The first-order valence-electron chi connectivity index (χ1n) is 4.13. The van der Waals surface area contributed by atoms with Crippen molar-refractivity contribution in [2.75, 3.05) is 0 Å². The highest BCUT2D eigenvalue weighted by Gasteiger charge is 2.08. The van der Waals surface area contributed by atoms with Crippen LogP contribution in [0.15, 0.2) is 24.3 Å². The minimum atomic E-state index is -0.0487. The molecule has 0 saturated carbocycles. The Morgan fingerprint density at radius 1 is 1.46 bits per heavy atom. The minimum absolute atomic E-state index is 0.0359. The second-order valence-electron chi connectivity index (χ2n) is 2.94. The van der Waals surface area contributed by atoms with Crippen molar-refractivity contribution in [3.63, 3.8) is 0 Å². The number of halogens is 1. The molecule has 1 rings (SSSR count). The summed E-state index contributed by atoms with van der Waals surface area (Å²) in [7, 11) is 0. The largest absolute Gasteiger partial charge is 0.350 e. The zero-order valence-corrected chi connectivity index (χ0v) is 8.43. The molecule has 1 amide bonds. The fourth-order valence-corrected chi connectivity index (χ4v) is 1.51. The van der Waals surface area contributed by atoms with Crippen molar-refractivity contribution >= 4 is 17.5 Å². The summed E-state index contributed by atoms with van der Waals surface area (Å²) in [6, 6.07) is 7.45. The number of hydrogen-bond donors (Lipinski definition) is 1. The number of carbonyl (C=O) groups excluding carboxylic acids is 1. The molecule has 0 aromatic heterocycles. The zero-order valence-electron chi connectivity index (χ0n) is 7.67. The van der Waals surface area contributed by atoms with Crippen molar-refractivity contribution < 1.29 is 4.79 Å². The molecule has 0 aliphatic carbocycles. The van der Waals surface area contributed by atoms with Crippen LogP contribution in [-0.4, -0.2) is 5.91 Å². The van der Waals surface area contributed by atoms with Crippen LogP contribution in [0.4, 0.5) is 0 Å². The van der Waals surface area contributed by atoms with Crippen LogP contribution in [0.2, 0.25) is 5.02 Å². The molecule has 1 aromatic carbocycles. The van der Waals surface area contributed by atoms with Gasteiger partial charge in [-0.15, -0.1) is 0 Å². The monoisotopic (exact) mass is 197 g/mol. The van der Waals surface area contributed by atoms with E-state index in [1.54, 1.807) is 0 Å². The molecule has 0 unspecified atom stereocenters. The van der Waals surface area contributed by atoms with Gasteiger partial charge in [-0.3, -0.25) is 4.79 Å². The normalized spacial score (nSPS) is 12.2. The van der Waals surface area contributed by atoms with Crippen molar-refractivity contribution in [1.82, 2.24) is 5.32 Å². The molecule has 1 N–H and O–H groups in total. The van der Waals surface area contributed by atoms with Gasteiger partial charge in [0.2, 0.25) is 5.91 Å². The van der Waals surface area contributed by atoms with Crippen LogP contribution >= 0.6 is 11.6 Å². The molecule has 1 atom stereocenters. The molecule has 0 aliphatic rings. The molecule has 0 fully saturated rings. The highest BCUT2D eigenvalue weighted by atomic mass is 35.5. The Morgan fingerprint density at radius 3 is 2.62 bits per heavy atom. The lowest BCUT2D eigenvalue weighted by atomic mass is 10.1. The third-order valence-corrected chi connectivity index (χ3v) is 2.14. The maximum absolute atomic E-state index is 10.8. The SMILES string of the molecule is CC(=O)N[C@H](C)c1ccccc1Cl. The third-order valence-electron chi connectivity index (χ3n) is 1.79. The van der Waals surface area contributed by atoms with Gasteiger partial charge in [0.15, 0.2) is 0 Å². The van der Waals surface area contributed by atoms with Crippen molar-refractivity contribution in [3.8, 4) is 0 Å². The lowest BCUT2D eigenvalue weighted by Gasteiger charge is -2.13. The number of carbonyl (C=O) groups is 1. The van der Waals surface area contributed by atoms with Gasteiger partial charge in [-0.05, 0) is 18.6 Å². The summed E-state index contributed by atoms with van der Waals surface area (Å²) in [6.45, 7) is 3.40. The molecule has 0 spiro atoms. The van der Waals surface area contributed by atoms with Crippen molar-refractivity contribution in [1.29, 1.82) is 0 Å². The molecule has 70 valence electrons. The summed E-state index contributed by atoms with van der Waals surface area (Å²) in [5.41, 5.74) is 0.944. The Hall–Kier alpha value is -1.02. The standard InChI is InChI=1S/C10H12ClNO/c1-7(12-8(2)13)9-5-3-4-6-10(9)11/h3-7H,1-2H3,(H,12,13)/t7-/m1/s1. The van der Waals surface area contributed by atoms with Gasteiger partial charge < -0.3 is 5.32 Å². The predicted molar refractivity (Wildman–Crippen MR) is 53.7 cm³/mol. The van der Waals surface area contributed by atoms with E-state index in [4.69, 9.17) is 11.6 Å². The van der Waals surface area contributed by atoms with E-state index in [0.29, 0.717) is 5.02 Å². The van der Waals surface area contributed by atoms with E-state index < -0.39 is 0 Å². The molecule has 0 aliphatic heterocycles. The Labute approximate surface area is 82.9 Å². The summed E-state index contributed by atoms with van der Waals surface area (Å²) >= 11 is 5.95. The molecule has 0 heterocycles. The molecule has 0 radical (unpaired) electrons. The van der Waals surface area contributed by atoms with Gasteiger partial charge in [0, 0.05) is 11.9 Å². The van der Waals surface area contributed by atoms with Crippen LogP contribution in [0.3, 0.4) is 0 Å². The average Bonchev–Trinajstić information content (AvgIpc) is 2.03. The van der Waals surface area contributed by atoms with Gasteiger partial charge in [-0.1, -0.05) is 29.8 Å². The molecule has 3 heteroatoms. The van der Waals surface area contributed by atoms with Crippen LogP contribution in [-0.2, 0) is 4.79 Å². The zero-order chi connectivity index (χ0) is 9.84. The molecular weight excluding hydrogens is 186 g/mol. The topological polar surface area (TPSA) is 29.1 Å². The average molecular weight is 198 g/mol. The quantitative estimate of drug-likeness (QED) is 0.776. The minimum Gasteiger partial charge on any atom is -0.350 e. The molecule has 0 bridgehead atoms. The maximum Gasteiger partial charge on any atom is 0.217 e. The van der Waals surface area contributed by atoms with E-state index in [2.05, 4.69) is 5.32 Å². The van der Waals surface area contributed by atoms with Gasteiger partial charge >= 0.3 is 0 Å². The molecule has 2 nitrogen and oxygen atoms in total. The summed E-state index contributed by atoms with van der Waals surface area (Å²) in [5, 5.41) is 3.46. The molecular formula is C10H12ClNO. The number of rotatable bonds is 2. The fraction of sp³-hybridized carbons (Fsp3) is 0.300. The maximum atomic E-state index is 10.8. The first kappa shape index (κ1) is 10.1. The summed E-state index contributed by atoms with van der Waals surface area (Å²) < 4.78 is 0. The number of amides is 1. The lowest BCUT2D eigenvalue weighted by molar-refractivity contribution is -0.119. The van der Waals surface area contributed by atoms with Crippen molar-refractivity contribution in [2.45, 2.75) is 19.9 Å². The Balaban J connectivity index is 2.82. The third kappa shape index (κ3) is 2.74. The van der Waals surface area contributed by atoms with E-state index in [1.165, 1.54) is 6.92 Å². The second kappa shape index (κ2) is 4.28. The number of nitrogens with one attached hydrogen (secondary N) is 1. The van der Waals surface area contributed by atoms with Crippen molar-refractivity contribution in [3.05, 3.63) is 34.9 Å². The van der Waals surface area contributed by atoms with Crippen molar-refractivity contribution in [2.24, 2.45) is 0 Å². The second-order valence-corrected chi connectivity index (χ2v) is 3.35. The smallest absolute Gasteiger partial charge is 0.217 e. The molecule has 0 saturated heterocycles. The van der Waals surface area contributed by atoms with E-state index in [9.17, 15) is 4.79 Å². The van der Waals surface area contributed by atoms with Crippen LogP contribution in [0.1, 0.15) is 25.5 Å². The Kier molecular flexibility index (Phi) is 3.32. The first-order valence-corrected chi connectivity index (χ1v) is 4.50. The van der Waals surface area contributed by atoms with E-state index in [1.807, 2.05) is 31.2 Å². The van der Waals surface area contributed by atoms with E-state index >= 15 is 0 Å². The summed E-state index contributed by atoms with van der Waals surface area (Å²) in [5.74, 6) is -0.0487. The molecule has 13 heavy (non-hydrogen) atoms. The highest BCUT2D eigenvalue weighted by Crippen LogP contribution is 2.21. The van der Waals surface area contributed by atoms with Crippen LogP contribution in [0.25, 0.3) is 0 Å². The first-order chi connectivity index (χ1) is 6.11. The van der Waals surface area contributed by atoms with Gasteiger partial charge in [-0.2, -0.15) is 0 Å². The fourth-order valence-electron chi connectivity index (χ4n) is 1.21. The Bertz CT molecular complexity index is 312. The van der Waals surface area contributed by atoms with Gasteiger partial charge in [-0.25, -0.2) is 0 Å². The van der Waals surface area contributed by atoms with Gasteiger partial charge in [0.25, 0.3) is 0 Å². The van der Waals surface area contributed by atoms with Crippen LogP contribution < -0.4 is 5.32 Å². The van der Waals surface area contributed by atoms with E-state index in [0.717, 1.165) is 5.56 Å². The van der Waals surface area contributed by atoms with Gasteiger partial charge in [0.05, 0.1) is 6.04 Å².